The van der Waals surface area contributed by atoms with Crippen LogP contribution < -0.4 is 15.4 Å². The number of nitrogens with one attached hydrogen (secondary N) is 2. The van der Waals surface area contributed by atoms with Crippen molar-refractivity contribution in [1.29, 1.82) is 0 Å². The Morgan fingerprint density at radius 3 is 2.33 bits per heavy atom. The molecule has 1 aliphatic rings. The summed E-state index contributed by atoms with van der Waals surface area (Å²) in [6.45, 7) is 6.95. The van der Waals surface area contributed by atoms with Gasteiger partial charge in [-0.1, -0.05) is 81.8 Å². The van der Waals surface area contributed by atoms with Gasteiger partial charge in [0.05, 0.1) is 24.2 Å². The first-order valence-corrected chi connectivity index (χ1v) is 16.5. The molecule has 0 unspecified atom stereocenters. The van der Waals surface area contributed by atoms with Crippen LogP contribution in [0.3, 0.4) is 0 Å². The maximum Gasteiger partial charge on any atom is 0.347 e. The molecule has 262 valence electrons. The van der Waals surface area contributed by atoms with E-state index in [1.807, 2.05) is 44.2 Å². The number of methoxy groups -OCH3 is 2. The van der Waals surface area contributed by atoms with E-state index in [1.165, 1.54) is 26.4 Å². The molecule has 0 bridgehead atoms. The maximum absolute atomic E-state index is 13.5. The number of hydrogen-bond acceptors (Lipinski definition) is 9. The lowest BCUT2D eigenvalue weighted by molar-refractivity contribution is -0.178. The fourth-order valence-corrected chi connectivity index (χ4v) is 5.63. The molecule has 1 heterocycles. The zero-order chi connectivity index (χ0) is 35.4. The Labute approximate surface area is 287 Å². The van der Waals surface area contributed by atoms with E-state index in [0.717, 1.165) is 5.56 Å². The highest BCUT2D eigenvalue weighted by atomic mass is 35.5. The third-order valence-corrected chi connectivity index (χ3v) is 8.50. The first-order chi connectivity index (χ1) is 22.8. The smallest absolute Gasteiger partial charge is 0.347 e. The highest BCUT2D eigenvalue weighted by molar-refractivity contribution is 6.32. The van der Waals surface area contributed by atoms with E-state index in [0.29, 0.717) is 16.3 Å². The minimum absolute atomic E-state index is 0.0239. The fourth-order valence-electron chi connectivity index (χ4n) is 5.35. The molecule has 2 aromatic rings. The number of halogens is 1. The number of ether oxygens (including phenoxy) is 4. The highest BCUT2D eigenvalue weighted by Gasteiger charge is 2.36. The molecule has 3 N–H and O–H groups in total. The average molecular weight is 687 g/mol. The normalized spacial score (nSPS) is 24.0. The van der Waals surface area contributed by atoms with Crippen LogP contribution in [-0.2, 0) is 39.8 Å². The van der Waals surface area contributed by atoms with Crippen molar-refractivity contribution in [2.24, 2.45) is 17.8 Å². The summed E-state index contributed by atoms with van der Waals surface area (Å²) in [7, 11) is 2.97. The van der Waals surface area contributed by atoms with E-state index in [-0.39, 0.29) is 31.7 Å². The van der Waals surface area contributed by atoms with Gasteiger partial charge in [0.2, 0.25) is 11.8 Å². The Bertz CT molecular complexity index is 1420. The summed E-state index contributed by atoms with van der Waals surface area (Å²) in [5.74, 6) is -3.61. The van der Waals surface area contributed by atoms with Gasteiger partial charge in [-0.2, -0.15) is 0 Å². The molecule has 12 heteroatoms. The maximum atomic E-state index is 13.5. The van der Waals surface area contributed by atoms with Crippen LogP contribution in [0.2, 0.25) is 5.02 Å². The van der Waals surface area contributed by atoms with Crippen LogP contribution >= 0.6 is 11.6 Å². The lowest BCUT2D eigenvalue weighted by atomic mass is 9.89. The molecule has 2 amide bonds. The summed E-state index contributed by atoms with van der Waals surface area (Å²) in [5, 5.41) is 17.2. The molecule has 2 aromatic carbocycles. The monoisotopic (exact) mass is 686 g/mol. The number of benzene rings is 2. The molecule has 0 aliphatic carbocycles. The second-order valence-electron chi connectivity index (χ2n) is 12.5. The fraction of sp³-hybridized carbons (Fsp3) is 0.500. The molecule has 11 nitrogen and oxygen atoms in total. The summed E-state index contributed by atoms with van der Waals surface area (Å²) in [6, 6.07) is 13.2. The van der Waals surface area contributed by atoms with Gasteiger partial charge < -0.3 is 34.7 Å². The number of rotatable bonds is 10. The Morgan fingerprint density at radius 2 is 1.71 bits per heavy atom. The van der Waals surface area contributed by atoms with E-state index < -0.39 is 66.0 Å². The third kappa shape index (κ3) is 11.1. The van der Waals surface area contributed by atoms with Crippen LogP contribution in [0.5, 0.6) is 5.75 Å². The highest BCUT2D eigenvalue weighted by Crippen LogP contribution is 2.30. The molecule has 0 aromatic heterocycles. The van der Waals surface area contributed by atoms with Crippen LogP contribution in [0, 0.1) is 17.8 Å². The van der Waals surface area contributed by atoms with Crippen molar-refractivity contribution in [1.82, 2.24) is 10.6 Å². The SMILES string of the molecule is COc1ccc(C[C@H]2NC(=O)/C=C/C[C@@H]([C@H](C)[C@@H](O)[C@@H](OC)c3ccccc3)OC(=O)[C@H](CC(C)C)OC(=O)[C@H](C)CNC2=O)cc1Cl. The third-order valence-electron chi connectivity index (χ3n) is 8.20. The van der Waals surface area contributed by atoms with Crippen molar-refractivity contribution in [3.63, 3.8) is 0 Å². The number of carbonyl (C=O) groups is 4. The molecule has 0 radical (unpaired) electrons. The minimum atomic E-state index is -1.22. The molecule has 1 aliphatic heterocycles. The Balaban J connectivity index is 1.94. The predicted octanol–water partition coefficient (Wildman–Crippen LogP) is 4.34. The van der Waals surface area contributed by atoms with Gasteiger partial charge in [-0.25, -0.2) is 4.79 Å². The molecule has 0 saturated heterocycles. The number of carbonyl (C=O) groups excluding carboxylic acids is 4. The second-order valence-corrected chi connectivity index (χ2v) is 12.9. The second kappa shape index (κ2) is 18.6. The molecule has 0 saturated carbocycles. The number of cyclic esters (lactones) is 2. The molecular formula is C36H47ClN2O9. The van der Waals surface area contributed by atoms with Crippen molar-refractivity contribution in [2.45, 2.75) is 77.4 Å². The van der Waals surface area contributed by atoms with Crippen molar-refractivity contribution in [3.05, 3.63) is 76.8 Å². The van der Waals surface area contributed by atoms with Crippen molar-refractivity contribution in [3.8, 4) is 5.75 Å². The van der Waals surface area contributed by atoms with Gasteiger partial charge in [-0.05, 0) is 41.7 Å². The zero-order valence-electron chi connectivity index (χ0n) is 28.3. The molecular weight excluding hydrogens is 640 g/mol. The molecule has 3 rings (SSSR count). The summed E-state index contributed by atoms with van der Waals surface area (Å²) in [6.07, 6.45) is -0.897. The van der Waals surface area contributed by atoms with Crippen LogP contribution in [-0.4, -0.2) is 74.0 Å². The first-order valence-electron chi connectivity index (χ1n) is 16.1. The van der Waals surface area contributed by atoms with Gasteiger partial charge in [-0.15, -0.1) is 0 Å². The van der Waals surface area contributed by atoms with Crippen LogP contribution in [0.15, 0.2) is 60.7 Å². The average Bonchev–Trinajstić information content (AvgIpc) is 3.05. The number of amides is 2. The van der Waals surface area contributed by atoms with E-state index in [1.54, 1.807) is 32.0 Å². The lowest BCUT2D eigenvalue weighted by Gasteiger charge is -2.33. The Morgan fingerprint density at radius 1 is 1.00 bits per heavy atom. The van der Waals surface area contributed by atoms with Crippen LogP contribution in [0.25, 0.3) is 0 Å². The summed E-state index contributed by atoms with van der Waals surface area (Å²) < 4.78 is 22.4. The van der Waals surface area contributed by atoms with Gasteiger partial charge in [0.1, 0.15) is 24.0 Å². The number of esters is 2. The predicted molar refractivity (Wildman–Crippen MR) is 180 cm³/mol. The Hall–Kier alpha value is -3.93. The summed E-state index contributed by atoms with van der Waals surface area (Å²) in [5.41, 5.74) is 1.40. The van der Waals surface area contributed by atoms with E-state index >= 15 is 0 Å². The van der Waals surface area contributed by atoms with Crippen molar-refractivity contribution >= 4 is 35.4 Å². The van der Waals surface area contributed by atoms with Gasteiger partial charge in [-0.3, -0.25) is 14.4 Å². The van der Waals surface area contributed by atoms with Crippen LogP contribution in [0.1, 0.15) is 57.8 Å². The van der Waals surface area contributed by atoms with Crippen LogP contribution in [0.4, 0.5) is 0 Å². The van der Waals surface area contributed by atoms with Gasteiger partial charge in [0.15, 0.2) is 6.10 Å². The van der Waals surface area contributed by atoms with E-state index in [2.05, 4.69) is 10.6 Å². The quantitative estimate of drug-likeness (QED) is 0.310. The van der Waals surface area contributed by atoms with Gasteiger partial charge in [0.25, 0.3) is 0 Å². The molecule has 48 heavy (non-hydrogen) atoms. The van der Waals surface area contributed by atoms with E-state index in [4.69, 9.17) is 30.5 Å². The minimum Gasteiger partial charge on any atom is -0.495 e. The lowest BCUT2D eigenvalue weighted by Crippen LogP contribution is -2.49. The number of hydrogen-bond donors (Lipinski definition) is 3. The van der Waals surface area contributed by atoms with E-state index in [9.17, 15) is 24.3 Å². The van der Waals surface area contributed by atoms with Gasteiger partial charge in [0, 0.05) is 32.4 Å². The molecule has 0 spiro atoms. The Kier molecular flexibility index (Phi) is 14.9. The zero-order valence-corrected chi connectivity index (χ0v) is 29.1. The van der Waals surface area contributed by atoms with Crippen molar-refractivity contribution in [2.75, 3.05) is 20.8 Å². The number of aliphatic hydroxyl groups is 1. The molecule has 0 fully saturated rings. The summed E-state index contributed by atoms with van der Waals surface area (Å²) in [4.78, 5) is 53.1. The van der Waals surface area contributed by atoms with Gasteiger partial charge >= 0.3 is 11.9 Å². The van der Waals surface area contributed by atoms with Crippen molar-refractivity contribution < 1.29 is 43.2 Å². The largest absolute Gasteiger partial charge is 0.495 e. The standard InChI is InChI=1S/C36H47ClN2O9/c1-21(2)17-30-36(44)47-28(23(4)32(41)33(46-6)25-11-8-7-9-12-25)13-10-14-31(40)39-27(34(42)38-20-22(3)35(43)48-30)19-24-15-16-29(45-5)26(37)18-24/h7-12,14-16,18,21-23,27-28,30,32-33,41H,13,17,19-20H2,1-6H3,(H,38,42)(H,39,40)/b14-10+/t22-,23+,27-,28+,30+,32-,33+/m1/s1. The summed E-state index contributed by atoms with van der Waals surface area (Å²) >= 11 is 6.30. The molecule has 7 atom stereocenters. The first kappa shape index (κ1) is 38.5. The topological polar surface area (TPSA) is 149 Å². The number of aliphatic hydroxyl groups excluding tert-OH is 1.